The van der Waals surface area contributed by atoms with Crippen LogP contribution in [0.3, 0.4) is 0 Å². The van der Waals surface area contributed by atoms with Gasteiger partial charge in [0, 0.05) is 23.6 Å². The van der Waals surface area contributed by atoms with Crippen LogP contribution in [0.5, 0.6) is 5.75 Å². The fraction of sp³-hybridized carbons (Fsp3) is 0.462. The van der Waals surface area contributed by atoms with Crippen molar-refractivity contribution in [2.24, 2.45) is 0 Å². The Morgan fingerprint density at radius 3 is 2.83 bits per heavy atom. The van der Waals surface area contributed by atoms with Crippen LogP contribution in [-0.2, 0) is 4.79 Å². The van der Waals surface area contributed by atoms with Gasteiger partial charge in [-0.05, 0) is 40.9 Å². The van der Waals surface area contributed by atoms with Crippen LogP contribution in [0.1, 0.15) is 12.8 Å². The first-order valence-corrected chi connectivity index (χ1v) is 6.85. The molecular weight excluding hydrogens is 296 g/mol. The number of nitrogens with zero attached hydrogens (tertiary/aromatic N) is 1. The normalized spacial score (nSPS) is 14.7. The number of rotatable bonds is 4. The van der Waals surface area contributed by atoms with Gasteiger partial charge in [-0.1, -0.05) is 0 Å². The first-order chi connectivity index (χ1) is 8.70. The molecule has 0 aromatic heterocycles. The predicted octanol–water partition coefficient (Wildman–Crippen LogP) is 2.49. The van der Waals surface area contributed by atoms with Crippen molar-refractivity contribution in [1.82, 2.24) is 4.90 Å². The van der Waals surface area contributed by atoms with Crippen molar-refractivity contribution in [1.29, 1.82) is 0 Å². The average Bonchev–Trinajstić information content (AvgIpc) is 2.91. The highest BCUT2D eigenvalue weighted by molar-refractivity contribution is 9.10. The van der Waals surface area contributed by atoms with E-state index in [4.69, 9.17) is 4.74 Å². The summed E-state index contributed by atoms with van der Waals surface area (Å²) >= 11 is 3.45. The summed E-state index contributed by atoms with van der Waals surface area (Å²) in [6.07, 6.45) is 2.24. The summed E-state index contributed by atoms with van der Waals surface area (Å²) in [6, 6.07) is 5.65. The van der Waals surface area contributed by atoms with Crippen LogP contribution in [0.15, 0.2) is 22.7 Å². The molecule has 18 heavy (non-hydrogen) atoms. The van der Waals surface area contributed by atoms with Crippen molar-refractivity contribution in [2.75, 3.05) is 32.1 Å². The molecule has 0 saturated carbocycles. The number of benzene rings is 1. The molecule has 2 rings (SSSR count). The van der Waals surface area contributed by atoms with Gasteiger partial charge >= 0.3 is 0 Å². The molecule has 0 unspecified atom stereocenters. The van der Waals surface area contributed by atoms with Crippen molar-refractivity contribution in [3.8, 4) is 5.75 Å². The van der Waals surface area contributed by atoms with Gasteiger partial charge in [0.15, 0.2) is 0 Å². The Morgan fingerprint density at radius 2 is 2.17 bits per heavy atom. The molecule has 0 spiro atoms. The van der Waals surface area contributed by atoms with E-state index < -0.39 is 0 Å². The van der Waals surface area contributed by atoms with E-state index >= 15 is 0 Å². The Balaban J connectivity index is 1.94. The molecular formula is C13H17BrN2O2. The number of carbonyl (C=O) groups excluding carboxylic acids is 1. The number of anilines is 1. The number of amides is 1. The van der Waals surface area contributed by atoms with E-state index in [1.165, 1.54) is 0 Å². The summed E-state index contributed by atoms with van der Waals surface area (Å²) in [7, 11) is 1.63. The molecule has 1 fully saturated rings. The summed E-state index contributed by atoms with van der Waals surface area (Å²) in [5.74, 6) is 0.927. The second kappa shape index (κ2) is 6.09. The molecule has 1 aliphatic rings. The van der Waals surface area contributed by atoms with E-state index in [9.17, 15) is 4.79 Å². The molecule has 98 valence electrons. The predicted molar refractivity (Wildman–Crippen MR) is 75.0 cm³/mol. The molecule has 0 atom stereocenters. The summed E-state index contributed by atoms with van der Waals surface area (Å²) in [4.78, 5) is 13.8. The van der Waals surface area contributed by atoms with Gasteiger partial charge in [-0.15, -0.1) is 0 Å². The number of likely N-dealkylation sites (tertiary alicyclic amines) is 1. The van der Waals surface area contributed by atoms with Gasteiger partial charge in [-0.2, -0.15) is 0 Å². The number of nitrogens with one attached hydrogen (secondary N) is 1. The highest BCUT2D eigenvalue weighted by Crippen LogP contribution is 2.26. The lowest BCUT2D eigenvalue weighted by Gasteiger charge is -2.16. The Kier molecular flexibility index (Phi) is 4.47. The first-order valence-electron chi connectivity index (χ1n) is 6.06. The Bertz CT molecular complexity index is 431. The van der Waals surface area contributed by atoms with Crippen molar-refractivity contribution < 1.29 is 9.53 Å². The summed E-state index contributed by atoms with van der Waals surface area (Å²) in [6.45, 7) is 2.10. The molecule has 1 aliphatic heterocycles. The fourth-order valence-electron chi connectivity index (χ4n) is 2.02. The highest BCUT2D eigenvalue weighted by Gasteiger charge is 2.17. The molecule has 1 N–H and O–H groups in total. The minimum atomic E-state index is 0.155. The molecule has 1 aromatic carbocycles. The third-order valence-electron chi connectivity index (χ3n) is 3.06. The molecule has 0 bridgehead atoms. The van der Waals surface area contributed by atoms with Gasteiger partial charge in [-0.25, -0.2) is 0 Å². The van der Waals surface area contributed by atoms with E-state index in [2.05, 4.69) is 21.2 Å². The van der Waals surface area contributed by atoms with Crippen molar-refractivity contribution in [2.45, 2.75) is 12.8 Å². The van der Waals surface area contributed by atoms with E-state index in [1.54, 1.807) is 7.11 Å². The van der Waals surface area contributed by atoms with Crippen LogP contribution in [0.2, 0.25) is 0 Å². The van der Waals surface area contributed by atoms with Crippen molar-refractivity contribution in [3.63, 3.8) is 0 Å². The molecule has 0 radical (unpaired) electrons. The maximum absolute atomic E-state index is 11.9. The number of halogens is 1. The lowest BCUT2D eigenvalue weighted by atomic mass is 10.3. The Labute approximate surface area is 115 Å². The molecule has 1 amide bonds. The lowest BCUT2D eigenvalue weighted by Crippen LogP contribution is -2.33. The van der Waals surface area contributed by atoms with Gasteiger partial charge in [-0.3, -0.25) is 4.79 Å². The topological polar surface area (TPSA) is 41.6 Å². The number of ether oxygens (including phenoxy) is 1. The van der Waals surface area contributed by atoms with E-state index in [1.807, 2.05) is 23.1 Å². The SMILES string of the molecule is COc1ccc(Br)c(NCC(=O)N2CCCC2)c1. The third kappa shape index (κ3) is 3.16. The van der Waals surface area contributed by atoms with Crippen LogP contribution in [0.25, 0.3) is 0 Å². The standard InChI is InChI=1S/C13H17BrN2O2/c1-18-10-4-5-11(14)12(8-10)15-9-13(17)16-6-2-3-7-16/h4-5,8,15H,2-3,6-7,9H2,1H3. The third-order valence-corrected chi connectivity index (χ3v) is 3.75. The maximum Gasteiger partial charge on any atom is 0.241 e. The Hall–Kier alpha value is -1.23. The minimum absolute atomic E-state index is 0.155. The molecule has 5 heteroatoms. The number of hydrogen-bond acceptors (Lipinski definition) is 3. The zero-order chi connectivity index (χ0) is 13.0. The van der Waals surface area contributed by atoms with Gasteiger partial charge in [0.05, 0.1) is 19.3 Å². The van der Waals surface area contributed by atoms with Crippen molar-refractivity contribution in [3.05, 3.63) is 22.7 Å². The number of hydrogen-bond donors (Lipinski definition) is 1. The summed E-state index contributed by atoms with van der Waals surface area (Å²) in [5, 5.41) is 3.15. The largest absolute Gasteiger partial charge is 0.497 e. The van der Waals surface area contributed by atoms with Crippen LogP contribution in [0.4, 0.5) is 5.69 Å². The summed E-state index contributed by atoms with van der Waals surface area (Å²) in [5.41, 5.74) is 0.877. The second-order valence-corrected chi connectivity index (χ2v) is 5.14. The monoisotopic (exact) mass is 312 g/mol. The van der Waals surface area contributed by atoms with Gasteiger partial charge in [0.2, 0.25) is 5.91 Å². The molecule has 1 aromatic rings. The minimum Gasteiger partial charge on any atom is -0.497 e. The Morgan fingerprint density at radius 1 is 1.44 bits per heavy atom. The van der Waals surface area contributed by atoms with E-state index in [0.717, 1.165) is 41.8 Å². The van der Waals surface area contributed by atoms with Crippen LogP contribution in [0, 0.1) is 0 Å². The van der Waals surface area contributed by atoms with E-state index in [-0.39, 0.29) is 5.91 Å². The highest BCUT2D eigenvalue weighted by atomic mass is 79.9. The molecule has 1 saturated heterocycles. The van der Waals surface area contributed by atoms with Gasteiger partial charge in [0.25, 0.3) is 0 Å². The van der Waals surface area contributed by atoms with Gasteiger partial charge < -0.3 is 15.0 Å². The maximum atomic E-state index is 11.9. The molecule has 0 aliphatic carbocycles. The quantitative estimate of drug-likeness (QED) is 0.928. The average molecular weight is 313 g/mol. The van der Waals surface area contributed by atoms with E-state index in [0.29, 0.717) is 6.54 Å². The number of carbonyl (C=O) groups is 1. The molecule has 1 heterocycles. The first kappa shape index (κ1) is 13.2. The zero-order valence-corrected chi connectivity index (χ0v) is 12.0. The lowest BCUT2D eigenvalue weighted by molar-refractivity contribution is -0.128. The van der Waals surface area contributed by atoms with Crippen molar-refractivity contribution >= 4 is 27.5 Å². The summed E-state index contributed by atoms with van der Waals surface area (Å²) < 4.78 is 6.09. The van der Waals surface area contributed by atoms with Crippen LogP contribution < -0.4 is 10.1 Å². The molecule has 4 nitrogen and oxygen atoms in total. The smallest absolute Gasteiger partial charge is 0.241 e. The number of methoxy groups -OCH3 is 1. The van der Waals surface area contributed by atoms with Gasteiger partial charge in [0.1, 0.15) is 5.75 Å². The second-order valence-electron chi connectivity index (χ2n) is 4.29. The van der Waals surface area contributed by atoms with Crippen LogP contribution in [-0.4, -0.2) is 37.6 Å². The zero-order valence-electron chi connectivity index (χ0n) is 10.4. The fourth-order valence-corrected chi connectivity index (χ4v) is 2.40. The van der Waals surface area contributed by atoms with Crippen LogP contribution >= 0.6 is 15.9 Å².